The summed E-state index contributed by atoms with van der Waals surface area (Å²) < 4.78 is 1.13. The first-order chi connectivity index (χ1) is 6.59. The number of halogens is 1. The number of hydrogen-bond donors (Lipinski definition) is 1. The molecule has 0 saturated carbocycles. The topological polar surface area (TPSA) is 12.0 Å². The summed E-state index contributed by atoms with van der Waals surface area (Å²) in [5.74, 6) is 0. The van der Waals surface area contributed by atoms with E-state index >= 15 is 0 Å². The van der Waals surface area contributed by atoms with Gasteiger partial charge in [0.25, 0.3) is 0 Å². The molecule has 0 radical (unpaired) electrons. The molecule has 0 aliphatic heterocycles. The highest BCUT2D eigenvalue weighted by Crippen LogP contribution is 2.19. The van der Waals surface area contributed by atoms with Crippen LogP contribution in [0.25, 0.3) is 0 Å². The number of rotatable bonds is 4. The monoisotopic (exact) mass is 253 g/mol. The van der Waals surface area contributed by atoms with Crippen LogP contribution in [0.5, 0.6) is 0 Å². The molecule has 76 valence electrons. The van der Waals surface area contributed by atoms with Crippen LogP contribution in [0.2, 0.25) is 0 Å². The van der Waals surface area contributed by atoms with Crippen molar-refractivity contribution in [3.63, 3.8) is 0 Å². The van der Waals surface area contributed by atoms with Crippen molar-refractivity contribution < 1.29 is 0 Å². The fourth-order valence-electron chi connectivity index (χ4n) is 1.24. The third kappa shape index (κ3) is 3.54. The maximum atomic E-state index is 3.88. The second kappa shape index (κ2) is 5.20. The summed E-state index contributed by atoms with van der Waals surface area (Å²) in [6.45, 7) is 8.99. The van der Waals surface area contributed by atoms with Crippen LogP contribution < -0.4 is 5.32 Å². The number of hydrogen-bond acceptors (Lipinski definition) is 1. The van der Waals surface area contributed by atoms with Gasteiger partial charge in [-0.2, -0.15) is 0 Å². The van der Waals surface area contributed by atoms with Crippen molar-refractivity contribution in [2.45, 2.75) is 20.3 Å². The first-order valence-corrected chi connectivity index (χ1v) is 5.53. The lowest BCUT2D eigenvalue weighted by Gasteiger charge is -2.09. The van der Waals surface area contributed by atoms with Gasteiger partial charge in [-0.3, -0.25) is 0 Å². The summed E-state index contributed by atoms with van der Waals surface area (Å²) in [5, 5.41) is 3.39. The second-order valence-corrected chi connectivity index (χ2v) is 4.51. The fourth-order valence-corrected chi connectivity index (χ4v) is 1.71. The molecule has 0 saturated heterocycles. The molecule has 0 fully saturated rings. The third-order valence-electron chi connectivity index (χ3n) is 2.06. The lowest BCUT2D eigenvalue weighted by Crippen LogP contribution is -2.02. The molecule has 14 heavy (non-hydrogen) atoms. The Balaban J connectivity index is 2.55. The summed E-state index contributed by atoms with van der Waals surface area (Å²) in [6, 6.07) is 6.26. The molecule has 1 rings (SSSR count). The van der Waals surface area contributed by atoms with Gasteiger partial charge in [0.2, 0.25) is 0 Å². The van der Waals surface area contributed by atoms with E-state index in [1.807, 2.05) is 0 Å². The van der Waals surface area contributed by atoms with Gasteiger partial charge in [-0.05, 0) is 44.0 Å². The summed E-state index contributed by atoms with van der Waals surface area (Å²) >= 11 is 3.45. The first-order valence-electron chi connectivity index (χ1n) is 4.74. The van der Waals surface area contributed by atoms with Crippen molar-refractivity contribution in [1.29, 1.82) is 0 Å². The molecule has 0 unspecified atom stereocenters. The Labute approximate surface area is 94.3 Å². The van der Waals surface area contributed by atoms with Crippen LogP contribution in [0.15, 0.2) is 34.8 Å². The van der Waals surface area contributed by atoms with E-state index in [-0.39, 0.29) is 0 Å². The first kappa shape index (κ1) is 11.3. The van der Waals surface area contributed by atoms with Crippen molar-refractivity contribution >= 4 is 21.6 Å². The SMILES string of the molecule is C=C(C)CCNc1ccc(Br)cc1C. The summed E-state index contributed by atoms with van der Waals surface area (Å²) in [5.41, 5.74) is 3.68. The molecular weight excluding hydrogens is 238 g/mol. The van der Waals surface area contributed by atoms with E-state index in [4.69, 9.17) is 0 Å². The molecule has 0 spiro atoms. The Bertz CT molecular complexity index is 331. The van der Waals surface area contributed by atoms with Crippen LogP contribution in [-0.4, -0.2) is 6.54 Å². The minimum absolute atomic E-state index is 0.956. The van der Waals surface area contributed by atoms with Crippen LogP contribution in [-0.2, 0) is 0 Å². The maximum absolute atomic E-state index is 3.88. The van der Waals surface area contributed by atoms with Crippen molar-refractivity contribution in [2.75, 3.05) is 11.9 Å². The molecule has 0 amide bonds. The second-order valence-electron chi connectivity index (χ2n) is 3.59. The molecule has 0 bridgehead atoms. The minimum Gasteiger partial charge on any atom is -0.385 e. The normalized spacial score (nSPS) is 9.93. The zero-order valence-corrected chi connectivity index (χ0v) is 10.3. The van der Waals surface area contributed by atoms with Gasteiger partial charge in [-0.15, -0.1) is 6.58 Å². The zero-order valence-electron chi connectivity index (χ0n) is 8.73. The van der Waals surface area contributed by atoms with Crippen LogP contribution in [0.3, 0.4) is 0 Å². The Morgan fingerprint density at radius 3 is 2.79 bits per heavy atom. The van der Waals surface area contributed by atoms with Gasteiger partial charge in [0.05, 0.1) is 0 Å². The number of aryl methyl sites for hydroxylation is 1. The molecular formula is C12H16BrN. The Hall–Kier alpha value is -0.760. The lowest BCUT2D eigenvalue weighted by molar-refractivity contribution is 1.000. The molecule has 1 N–H and O–H groups in total. The minimum atomic E-state index is 0.956. The molecule has 1 aromatic carbocycles. The van der Waals surface area contributed by atoms with Crippen molar-refractivity contribution in [3.05, 3.63) is 40.4 Å². The van der Waals surface area contributed by atoms with E-state index in [0.29, 0.717) is 0 Å². The highest BCUT2D eigenvalue weighted by Gasteiger charge is 1.97. The molecule has 0 heterocycles. The van der Waals surface area contributed by atoms with Gasteiger partial charge < -0.3 is 5.32 Å². The third-order valence-corrected chi connectivity index (χ3v) is 2.55. The molecule has 1 nitrogen and oxygen atoms in total. The molecule has 1 aromatic rings. The molecule has 0 aliphatic rings. The number of nitrogens with one attached hydrogen (secondary N) is 1. The average molecular weight is 254 g/mol. The van der Waals surface area contributed by atoms with E-state index in [1.165, 1.54) is 16.8 Å². The van der Waals surface area contributed by atoms with E-state index in [9.17, 15) is 0 Å². The van der Waals surface area contributed by atoms with Crippen molar-refractivity contribution in [1.82, 2.24) is 0 Å². The lowest BCUT2D eigenvalue weighted by atomic mass is 10.2. The zero-order chi connectivity index (χ0) is 10.6. The molecule has 0 aliphatic carbocycles. The van der Waals surface area contributed by atoms with Gasteiger partial charge in [0, 0.05) is 16.7 Å². The average Bonchev–Trinajstić information content (AvgIpc) is 2.08. The number of benzene rings is 1. The highest BCUT2D eigenvalue weighted by molar-refractivity contribution is 9.10. The largest absolute Gasteiger partial charge is 0.385 e. The van der Waals surface area contributed by atoms with Crippen molar-refractivity contribution in [3.8, 4) is 0 Å². The van der Waals surface area contributed by atoms with Gasteiger partial charge in [0.1, 0.15) is 0 Å². The van der Waals surface area contributed by atoms with Crippen LogP contribution in [0.4, 0.5) is 5.69 Å². The smallest absolute Gasteiger partial charge is 0.0370 e. The van der Waals surface area contributed by atoms with Crippen molar-refractivity contribution in [2.24, 2.45) is 0 Å². The van der Waals surface area contributed by atoms with E-state index in [1.54, 1.807) is 0 Å². The maximum Gasteiger partial charge on any atom is 0.0370 e. The highest BCUT2D eigenvalue weighted by atomic mass is 79.9. The summed E-state index contributed by atoms with van der Waals surface area (Å²) in [6.07, 6.45) is 1.02. The Morgan fingerprint density at radius 2 is 2.21 bits per heavy atom. The van der Waals surface area contributed by atoms with E-state index < -0.39 is 0 Å². The predicted octanol–water partition coefficient (Wildman–Crippen LogP) is 4.14. The summed E-state index contributed by atoms with van der Waals surface area (Å²) in [7, 11) is 0. The van der Waals surface area contributed by atoms with E-state index in [0.717, 1.165) is 17.4 Å². The van der Waals surface area contributed by atoms with Gasteiger partial charge >= 0.3 is 0 Å². The molecule has 0 atom stereocenters. The fraction of sp³-hybridized carbons (Fsp3) is 0.333. The van der Waals surface area contributed by atoms with E-state index in [2.05, 4.69) is 59.9 Å². The van der Waals surface area contributed by atoms with Crippen LogP contribution in [0.1, 0.15) is 18.9 Å². The predicted molar refractivity (Wildman–Crippen MR) is 66.8 cm³/mol. The van der Waals surface area contributed by atoms with Gasteiger partial charge in [0.15, 0.2) is 0 Å². The Morgan fingerprint density at radius 1 is 1.50 bits per heavy atom. The quantitative estimate of drug-likeness (QED) is 0.796. The van der Waals surface area contributed by atoms with Crippen LogP contribution in [0, 0.1) is 6.92 Å². The standard InChI is InChI=1S/C12H16BrN/c1-9(2)6-7-14-12-5-4-11(13)8-10(12)3/h4-5,8,14H,1,6-7H2,2-3H3. The number of anilines is 1. The van der Waals surface area contributed by atoms with Gasteiger partial charge in [-0.1, -0.05) is 21.5 Å². The van der Waals surface area contributed by atoms with Gasteiger partial charge in [-0.25, -0.2) is 0 Å². The summed E-state index contributed by atoms with van der Waals surface area (Å²) in [4.78, 5) is 0. The molecule has 0 aromatic heterocycles. The Kier molecular flexibility index (Phi) is 4.21. The van der Waals surface area contributed by atoms with Crippen LogP contribution >= 0.6 is 15.9 Å². The molecule has 2 heteroatoms.